The number of anilines is 2. The van der Waals surface area contributed by atoms with Gasteiger partial charge in [-0.2, -0.15) is 16.7 Å². The molecule has 1 heterocycles. The molecule has 0 fully saturated rings. The van der Waals surface area contributed by atoms with Crippen molar-refractivity contribution in [3.8, 4) is 0 Å². The Morgan fingerprint density at radius 2 is 2.44 bits per heavy atom. The third kappa shape index (κ3) is 4.00. The van der Waals surface area contributed by atoms with Gasteiger partial charge in [-0.1, -0.05) is 0 Å². The van der Waals surface area contributed by atoms with Crippen molar-refractivity contribution in [3.05, 3.63) is 16.3 Å². The lowest BCUT2D eigenvalue weighted by molar-refractivity contribution is -0.384. The van der Waals surface area contributed by atoms with E-state index in [-0.39, 0.29) is 30.1 Å². The molecular formula is C9H15N5O3S. The summed E-state index contributed by atoms with van der Waals surface area (Å²) in [5, 5.41) is 22.4. The van der Waals surface area contributed by atoms with Crippen LogP contribution in [0, 0.1) is 10.1 Å². The molecule has 1 aromatic heterocycles. The fourth-order valence-corrected chi connectivity index (χ4v) is 1.99. The van der Waals surface area contributed by atoms with Crippen molar-refractivity contribution >= 4 is 29.2 Å². The minimum Gasteiger partial charge on any atom is -0.396 e. The monoisotopic (exact) mass is 273 g/mol. The van der Waals surface area contributed by atoms with Gasteiger partial charge in [-0.15, -0.1) is 0 Å². The van der Waals surface area contributed by atoms with Crippen molar-refractivity contribution in [1.29, 1.82) is 0 Å². The van der Waals surface area contributed by atoms with E-state index in [9.17, 15) is 10.1 Å². The number of aliphatic hydroxyl groups is 1. The number of nitrogens with two attached hydrogens (primary N) is 1. The summed E-state index contributed by atoms with van der Waals surface area (Å²) in [5.41, 5.74) is 5.14. The lowest BCUT2D eigenvalue weighted by Gasteiger charge is -2.16. The Hall–Kier alpha value is -1.61. The number of aromatic nitrogens is 2. The lowest BCUT2D eigenvalue weighted by atomic mass is 10.2. The minimum absolute atomic E-state index is 0.00847. The van der Waals surface area contributed by atoms with Crippen molar-refractivity contribution in [1.82, 2.24) is 9.97 Å². The van der Waals surface area contributed by atoms with E-state index in [1.807, 2.05) is 6.26 Å². The average Bonchev–Trinajstić information content (AvgIpc) is 2.29. The summed E-state index contributed by atoms with van der Waals surface area (Å²) in [7, 11) is 0. The van der Waals surface area contributed by atoms with E-state index in [0.717, 1.165) is 11.9 Å². The van der Waals surface area contributed by atoms with Crippen molar-refractivity contribution in [2.24, 2.45) is 0 Å². The zero-order chi connectivity index (χ0) is 13.5. The standard InChI is InChI=1S/C9H15N5O3S/c1-18-5-6(2-3-15)12-9-11-4-7(14(16)17)8(10)13-9/h4,6,15H,2-3,5H2,1H3,(H3,10,11,12,13). The molecule has 1 atom stereocenters. The molecule has 18 heavy (non-hydrogen) atoms. The van der Waals surface area contributed by atoms with Gasteiger partial charge >= 0.3 is 5.69 Å². The molecule has 0 saturated carbocycles. The van der Waals surface area contributed by atoms with Crippen LogP contribution in [0.5, 0.6) is 0 Å². The van der Waals surface area contributed by atoms with Crippen LogP contribution < -0.4 is 11.1 Å². The van der Waals surface area contributed by atoms with Crippen molar-refractivity contribution in [3.63, 3.8) is 0 Å². The molecule has 0 spiro atoms. The van der Waals surface area contributed by atoms with Crippen LogP contribution in [-0.2, 0) is 0 Å². The third-order valence-corrected chi connectivity index (χ3v) is 2.91. The molecule has 1 rings (SSSR count). The van der Waals surface area contributed by atoms with Gasteiger partial charge in [0.1, 0.15) is 6.20 Å². The second kappa shape index (κ2) is 6.97. The predicted molar refractivity (Wildman–Crippen MR) is 70.6 cm³/mol. The quantitative estimate of drug-likeness (QED) is 0.484. The molecule has 8 nitrogen and oxygen atoms in total. The lowest BCUT2D eigenvalue weighted by Crippen LogP contribution is -2.25. The molecule has 0 aliphatic carbocycles. The van der Waals surface area contributed by atoms with Crippen molar-refractivity contribution in [2.45, 2.75) is 12.5 Å². The first-order valence-corrected chi connectivity index (χ1v) is 6.61. The Morgan fingerprint density at radius 3 is 2.94 bits per heavy atom. The number of nitrogens with zero attached hydrogens (tertiary/aromatic N) is 3. The first-order valence-electron chi connectivity index (χ1n) is 5.21. The van der Waals surface area contributed by atoms with Gasteiger partial charge in [-0.05, 0) is 12.7 Å². The van der Waals surface area contributed by atoms with Gasteiger partial charge in [0, 0.05) is 18.4 Å². The summed E-state index contributed by atoms with van der Waals surface area (Å²) in [6, 6.07) is -0.00847. The van der Waals surface area contributed by atoms with Crippen LogP contribution in [0.25, 0.3) is 0 Å². The van der Waals surface area contributed by atoms with Gasteiger partial charge in [0.2, 0.25) is 11.8 Å². The summed E-state index contributed by atoms with van der Waals surface area (Å²) in [5.74, 6) is 0.816. The normalized spacial score (nSPS) is 12.1. The summed E-state index contributed by atoms with van der Waals surface area (Å²) in [6.07, 6.45) is 3.55. The van der Waals surface area contributed by atoms with E-state index < -0.39 is 4.92 Å². The molecule has 0 aliphatic heterocycles. The number of nitrogens with one attached hydrogen (secondary N) is 1. The molecule has 4 N–H and O–H groups in total. The predicted octanol–water partition coefficient (Wildman–Crippen LogP) is 0.493. The molecule has 0 aliphatic rings. The van der Waals surface area contributed by atoms with Gasteiger partial charge in [0.15, 0.2) is 0 Å². The smallest absolute Gasteiger partial charge is 0.329 e. The Bertz CT molecular complexity index is 411. The topological polar surface area (TPSA) is 127 Å². The highest BCUT2D eigenvalue weighted by Crippen LogP contribution is 2.19. The van der Waals surface area contributed by atoms with Crippen LogP contribution in [0.4, 0.5) is 17.5 Å². The first kappa shape index (κ1) is 14.5. The molecule has 1 aromatic rings. The number of nitro groups is 1. The van der Waals surface area contributed by atoms with Gasteiger partial charge in [-0.25, -0.2) is 4.98 Å². The van der Waals surface area contributed by atoms with E-state index in [1.165, 1.54) is 0 Å². The average molecular weight is 273 g/mol. The molecule has 0 aromatic carbocycles. The Balaban J connectivity index is 2.77. The number of rotatable bonds is 7. The van der Waals surface area contributed by atoms with Gasteiger partial charge in [-0.3, -0.25) is 10.1 Å². The molecule has 0 radical (unpaired) electrons. The summed E-state index contributed by atoms with van der Waals surface area (Å²) in [4.78, 5) is 17.6. The molecule has 0 saturated heterocycles. The Labute approximate surface area is 108 Å². The van der Waals surface area contributed by atoms with Crippen LogP contribution in [0.3, 0.4) is 0 Å². The highest BCUT2D eigenvalue weighted by atomic mass is 32.2. The van der Waals surface area contributed by atoms with Crippen LogP contribution in [-0.4, -0.2) is 44.7 Å². The number of hydrogen-bond donors (Lipinski definition) is 3. The SMILES string of the molecule is CSCC(CCO)Nc1ncc([N+](=O)[O-])c(N)n1. The number of aliphatic hydroxyl groups excluding tert-OH is 1. The largest absolute Gasteiger partial charge is 0.396 e. The van der Waals surface area contributed by atoms with Crippen LogP contribution in [0.1, 0.15) is 6.42 Å². The highest BCUT2D eigenvalue weighted by Gasteiger charge is 2.16. The van der Waals surface area contributed by atoms with Gasteiger partial charge in [0.05, 0.1) is 4.92 Å². The molecule has 0 amide bonds. The van der Waals surface area contributed by atoms with Crippen LogP contribution in [0.15, 0.2) is 6.20 Å². The maximum atomic E-state index is 10.5. The zero-order valence-corrected chi connectivity index (χ0v) is 10.7. The maximum Gasteiger partial charge on any atom is 0.329 e. The molecule has 1 unspecified atom stereocenters. The summed E-state index contributed by atoms with van der Waals surface area (Å²) >= 11 is 1.61. The van der Waals surface area contributed by atoms with E-state index in [4.69, 9.17) is 10.8 Å². The zero-order valence-electron chi connectivity index (χ0n) is 9.87. The van der Waals surface area contributed by atoms with Crippen LogP contribution >= 0.6 is 11.8 Å². The molecular weight excluding hydrogens is 258 g/mol. The van der Waals surface area contributed by atoms with Gasteiger partial charge < -0.3 is 16.2 Å². The van der Waals surface area contributed by atoms with E-state index >= 15 is 0 Å². The van der Waals surface area contributed by atoms with Crippen molar-refractivity contribution < 1.29 is 10.0 Å². The van der Waals surface area contributed by atoms with Gasteiger partial charge in [0.25, 0.3) is 0 Å². The number of nitrogen functional groups attached to an aromatic ring is 1. The van der Waals surface area contributed by atoms with E-state index in [0.29, 0.717) is 6.42 Å². The number of thioether (sulfide) groups is 1. The number of hydrogen-bond acceptors (Lipinski definition) is 8. The highest BCUT2D eigenvalue weighted by molar-refractivity contribution is 7.98. The minimum atomic E-state index is -0.633. The van der Waals surface area contributed by atoms with Crippen molar-refractivity contribution in [2.75, 3.05) is 29.7 Å². The third-order valence-electron chi connectivity index (χ3n) is 2.17. The fraction of sp³-hybridized carbons (Fsp3) is 0.556. The van der Waals surface area contributed by atoms with E-state index in [1.54, 1.807) is 11.8 Å². The fourth-order valence-electron chi connectivity index (χ4n) is 1.34. The molecule has 0 bridgehead atoms. The first-order chi connectivity index (χ1) is 8.58. The van der Waals surface area contributed by atoms with Crippen LogP contribution in [0.2, 0.25) is 0 Å². The second-order valence-corrected chi connectivity index (χ2v) is 4.44. The summed E-state index contributed by atoms with van der Waals surface area (Å²) in [6.45, 7) is 0.0424. The second-order valence-electron chi connectivity index (χ2n) is 3.53. The summed E-state index contributed by atoms with van der Waals surface area (Å²) < 4.78 is 0. The molecule has 100 valence electrons. The van der Waals surface area contributed by atoms with E-state index in [2.05, 4.69) is 15.3 Å². The Morgan fingerprint density at radius 1 is 1.72 bits per heavy atom. The molecule has 9 heteroatoms. The Kier molecular flexibility index (Phi) is 5.59. The maximum absolute atomic E-state index is 10.5.